The average molecular weight is 348 g/mol. The molecule has 0 saturated heterocycles. The van der Waals surface area contributed by atoms with Gasteiger partial charge in [-0.2, -0.15) is 8.42 Å². The van der Waals surface area contributed by atoms with Gasteiger partial charge >= 0.3 is 0 Å². The van der Waals surface area contributed by atoms with Crippen LogP contribution in [0.1, 0.15) is 6.92 Å². The van der Waals surface area contributed by atoms with Crippen molar-refractivity contribution in [2.24, 2.45) is 0 Å². The van der Waals surface area contributed by atoms with E-state index in [1.54, 1.807) is 6.07 Å². The molecule has 2 rings (SSSR count). The number of benzene rings is 1. The molecule has 1 aromatic heterocycles. The predicted octanol–water partition coefficient (Wildman–Crippen LogP) is 1.53. The standard InChI is InChI=1S/C10H10ClN5O3S2/c1-5(17)13-9-14-15-10(20-9)21(18,19)16-8-6(11)3-2-4-7(8)12/h2-4,16H,12H2,1H3,(H,13,14,17). The van der Waals surface area contributed by atoms with Crippen molar-refractivity contribution in [3.8, 4) is 0 Å². The number of nitrogens with two attached hydrogens (primary N) is 1. The molecule has 1 heterocycles. The van der Waals surface area contributed by atoms with Crippen LogP contribution in [0.5, 0.6) is 0 Å². The van der Waals surface area contributed by atoms with Crippen molar-refractivity contribution in [2.45, 2.75) is 11.3 Å². The van der Waals surface area contributed by atoms with Crippen LogP contribution in [-0.4, -0.2) is 24.5 Å². The van der Waals surface area contributed by atoms with Crippen molar-refractivity contribution in [1.29, 1.82) is 0 Å². The summed E-state index contributed by atoms with van der Waals surface area (Å²) in [6.45, 7) is 1.28. The molecule has 0 bridgehead atoms. The number of nitrogens with zero attached hydrogens (tertiary/aromatic N) is 2. The summed E-state index contributed by atoms with van der Waals surface area (Å²) in [7, 11) is -3.99. The number of carbonyl (C=O) groups is 1. The fourth-order valence-corrected chi connectivity index (χ4v) is 3.69. The molecule has 0 atom stereocenters. The Bertz CT molecular complexity index is 769. The van der Waals surface area contributed by atoms with Crippen molar-refractivity contribution in [2.75, 3.05) is 15.8 Å². The van der Waals surface area contributed by atoms with Gasteiger partial charge in [-0.05, 0) is 12.1 Å². The van der Waals surface area contributed by atoms with E-state index in [9.17, 15) is 13.2 Å². The lowest BCUT2D eigenvalue weighted by Crippen LogP contribution is -2.14. The third-order valence-electron chi connectivity index (χ3n) is 2.20. The number of carbonyl (C=O) groups excluding carboxylic acids is 1. The average Bonchev–Trinajstić information content (AvgIpc) is 2.82. The zero-order valence-electron chi connectivity index (χ0n) is 10.6. The molecular weight excluding hydrogens is 338 g/mol. The maximum atomic E-state index is 12.2. The van der Waals surface area contributed by atoms with Crippen molar-refractivity contribution in [3.05, 3.63) is 23.2 Å². The molecule has 0 spiro atoms. The van der Waals surface area contributed by atoms with Crippen molar-refractivity contribution < 1.29 is 13.2 Å². The molecular formula is C10H10ClN5O3S2. The Balaban J connectivity index is 2.30. The second-order valence-electron chi connectivity index (χ2n) is 3.86. The Kier molecular flexibility index (Phi) is 4.30. The van der Waals surface area contributed by atoms with Gasteiger partial charge in [-0.3, -0.25) is 9.52 Å². The van der Waals surface area contributed by atoms with Gasteiger partial charge in [0.2, 0.25) is 11.0 Å². The summed E-state index contributed by atoms with van der Waals surface area (Å²) in [5.41, 5.74) is 5.92. The van der Waals surface area contributed by atoms with Gasteiger partial charge in [-0.25, -0.2) is 0 Å². The van der Waals surface area contributed by atoms with E-state index in [0.29, 0.717) is 11.3 Å². The van der Waals surface area contributed by atoms with Gasteiger partial charge in [0, 0.05) is 6.92 Å². The van der Waals surface area contributed by atoms with E-state index in [-0.39, 0.29) is 31.8 Å². The van der Waals surface area contributed by atoms with E-state index in [4.69, 9.17) is 17.3 Å². The lowest BCUT2D eigenvalue weighted by molar-refractivity contribution is -0.114. The predicted molar refractivity (Wildman–Crippen MR) is 80.9 cm³/mol. The first kappa shape index (κ1) is 15.5. The molecule has 11 heteroatoms. The Morgan fingerprint density at radius 1 is 1.38 bits per heavy atom. The van der Waals surface area contributed by atoms with E-state index in [1.165, 1.54) is 19.1 Å². The summed E-state index contributed by atoms with van der Waals surface area (Å²) < 4.78 is 26.3. The molecule has 4 N–H and O–H groups in total. The molecule has 0 saturated carbocycles. The molecule has 0 aliphatic heterocycles. The number of nitrogen functional groups attached to an aromatic ring is 1. The normalized spacial score (nSPS) is 11.1. The number of hydrogen-bond donors (Lipinski definition) is 3. The minimum absolute atomic E-state index is 0.0652. The third-order valence-corrected chi connectivity index (χ3v) is 5.07. The van der Waals surface area contributed by atoms with Crippen molar-refractivity contribution in [3.63, 3.8) is 0 Å². The summed E-state index contributed by atoms with van der Waals surface area (Å²) >= 11 is 6.61. The monoisotopic (exact) mass is 347 g/mol. The van der Waals surface area contributed by atoms with Crippen LogP contribution in [0.25, 0.3) is 0 Å². The maximum Gasteiger partial charge on any atom is 0.291 e. The van der Waals surface area contributed by atoms with Gasteiger partial charge < -0.3 is 11.1 Å². The number of aromatic nitrogens is 2. The zero-order valence-corrected chi connectivity index (χ0v) is 13.0. The van der Waals surface area contributed by atoms with E-state index in [1.807, 2.05) is 0 Å². The summed E-state index contributed by atoms with van der Waals surface area (Å²) in [5.74, 6) is -0.376. The molecule has 0 aliphatic rings. The fourth-order valence-electron chi connectivity index (χ4n) is 1.35. The van der Waals surface area contributed by atoms with E-state index in [0.717, 1.165) is 0 Å². The summed E-state index contributed by atoms with van der Waals surface area (Å²) in [6.07, 6.45) is 0. The summed E-state index contributed by atoms with van der Waals surface area (Å²) in [5, 5.41) is 9.66. The Hall–Kier alpha value is -1.91. The summed E-state index contributed by atoms with van der Waals surface area (Å²) in [4.78, 5) is 10.9. The molecule has 0 radical (unpaired) electrons. The van der Waals surface area contributed by atoms with E-state index >= 15 is 0 Å². The highest BCUT2D eigenvalue weighted by atomic mass is 35.5. The highest BCUT2D eigenvalue weighted by molar-refractivity contribution is 7.94. The number of halogens is 1. The molecule has 21 heavy (non-hydrogen) atoms. The van der Waals surface area contributed by atoms with Gasteiger partial charge in [0.1, 0.15) is 0 Å². The van der Waals surface area contributed by atoms with Crippen LogP contribution >= 0.6 is 22.9 Å². The molecule has 8 nitrogen and oxygen atoms in total. The Morgan fingerprint density at radius 2 is 2.10 bits per heavy atom. The number of para-hydroxylation sites is 1. The largest absolute Gasteiger partial charge is 0.397 e. The van der Waals surface area contributed by atoms with E-state index < -0.39 is 10.0 Å². The van der Waals surface area contributed by atoms with Gasteiger partial charge in [0.15, 0.2) is 0 Å². The molecule has 112 valence electrons. The number of sulfonamides is 1. The minimum atomic E-state index is -3.99. The van der Waals surface area contributed by atoms with Crippen molar-refractivity contribution in [1.82, 2.24) is 10.2 Å². The van der Waals surface area contributed by atoms with Gasteiger partial charge in [0.25, 0.3) is 14.4 Å². The quantitative estimate of drug-likeness (QED) is 0.568. The Morgan fingerprint density at radius 3 is 2.71 bits per heavy atom. The van der Waals surface area contributed by atoms with Gasteiger partial charge in [0.05, 0.1) is 16.4 Å². The molecule has 0 unspecified atom stereocenters. The van der Waals surface area contributed by atoms with Crippen molar-refractivity contribution >= 4 is 55.4 Å². The van der Waals surface area contributed by atoms with Gasteiger partial charge in [-0.15, -0.1) is 10.2 Å². The van der Waals surface area contributed by atoms with Crippen LogP contribution in [0.4, 0.5) is 16.5 Å². The van der Waals surface area contributed by atoms with Crippen LogP contribution < -0.4 is 15.8 Å². The number of hydrogen-bond acceptors (Lipinski definition) is 7. The highest BCUT2D eigenvalue weighted by Gasteiger charge is 2.22. The minimum Gasteiger partial charge on any atom is -0.397 e. The van der Waals surface area contributed by atoms with Crippen LogP contribution in [0.15, 0.2) is 22.5 Å². The first-order valence-electron chi connectivity index (χ1n) is 5.47. The number of anilines is 3. The number of amides is 1. The SMILES string of the molecule is CC(=O)Nc1nnc(S(=O)(=O)Nc2c(N)cccc2Cl)s1. The maximum absolute atomic E-state index is 12.2. The second-order valence-corrected chi connectivity index (χ2v) is 7.10. The summed E-state index contributed by atoms with van der Waals surface area (Å²) in [6, 6.07) is 4.60. The molecule has 1 amide bonds. The van der Waals surface area contributed by atoms with Crippen LogP contribution in [0, 0.1) is 0 Å². The van der Waals surface area contributed by atoms with Crippen LogP contribution in [-0.2, 0) is 14.8 Å². The molecule has 1 aromatic carbocycles. The number of rotatable bonds is 4. The first-order chi connectivity index (χ1) is 9.79. The highest BCUT2D eigenvalue weighted by Crippen LogP contribution is 2.31. The smallest absolute Gasteiger partial charge is 0.291 e. The molecule has 0 aliphatic carbocycles. The zero-order chi connectivity index (χ0) is 15.6. The van der Waals surface area contributed by atoms with Crippen LogP contribution in [0.2, 0.25) is 5.02 Å². The molecule has 2 aromatic rings. The third kappa shape index (κ3) is 3.60. The lowest BCUT2D eigenvalue weighted by atomic mass is 10.3. The molecule has 0 fully saturated rings. The van der Waals surface area contributed by atoms with Crippen LogP contribution in [0.3, 0.4) is 0 Å². The number of nitrogens with one attached hydrogen (secondary N) is 2. The second kappa shape index (κ2) is 5.84. The topological polar surface area (TPSA) is 127 Å². The Labute approximate surface area is 129 Å². The van der Waals surface area contributed by atoms with E-state index in [2.05, 4.69) is 20.2 Å². The lowest BCUT2D eigenvalue weighted by Gasteiger charge is -2.09. The van der Waals surface area contributed by atoms with Gasteiger partial charge in [-0.1, -0.05) is 29.0 Å². The first-order valence-corrected chi connectivity index (χ1v) is 8.15. The fraction of sp³-hybridized carbons (Fsp3) is 0.100.